The molecule has 5 heteroatoms. The van der Waals surface area contributed by atoms with E-state index in [1.54, 1.807) is 6.20 Å². The maximum Gasteiger partial charge on any atom is 0.256 e. The van der Waals surface area contributed by atoms with E-state index in [0.29, 0.717) is 17.9 Å². The van der Waals surface area contributed by atoms with E-state index < -0.39 is 0 Å². The van der Waals surface area contributed by atoms with E-state index >= 15 is 0 Å². The predicted molar refractivity (Wildman–Crippen MR) is 123 cm³/mol. The van der Waals surface area contributed by atoms with Crippen LogP contribution in [0.1, 0.15) is 68.1 Å². The van der Waals surface area contributed by atoms with Crippen LogP contribution in [-0.4, -0.2) is 34.8 Å². The summed E-state index contributed by atoms with van der Waals surface area (Å²) in [7, 11) is 0. The summed E-state index contributed by atoms with van der Waals surface area (Å²) in [6.07, 6.45) is 13.4. The monoisotopic (exact) mass is 418 g/mol. The molecule has 7 rings (SSSR count). The topological polar surface area (TPSA) is 50.2 Å². The lowest BCUT2D eigenvalue weighted by atomic mass is 9.54. The molecule has 0 radical (unpaired) electrons. The number of para-hydroxylation sites is 1. The van der Waals surface area contributed by atoms with E-state index in [0.717, 1.165) is 42.0 Å². The van der Waals surface area contributed by atoms with Gasteiger partial charge in [0.05, 0.1) is 11.9 Å². The third-order valence-corrected chi connectivity index (χ3v) is 8.42. The fourth-order valence-corrected chi connectivity index (χ4v) is 7.24. The highest BCUT2D eigenvalue weighted by molar-refractivity contribution is 5.99. The summed E-state index contributed by atoms with van der Waals surface area (Å²) in [5, 5.41) is 8.23. The number of carbonyl (C=O) groups is 1. The summed E-state index contributed by atoms with van der Waals surface area (Å²) in [6.45, 7) is 1.99. The number of benzene rings is 1. The Hall–Kier alpha value is -2.30. The molecule has 0 unspecified atom stereocenters. The molecule has 1 aliphatic heterocycles. The average molecular weight is 419 g/mol. The second-order valence-electron chi connectivity index (χ2n) is 10.5. The zero-order chi connectivity index (χ0) is 20.8. The molecule has 1 aromatic heterocycles. The zero-order valence-electron chi connectivity index (χ0n) is 18.4. The maximum atomic E-state index is 13.6. The molecule has 4 bridgehead atoms. The van der Waals surface area contributed by atoms with Crippen molar-refractivity contribution in [1.29, 1.82) is 0 Å². The van der Waals surface area contributed by atoms with Gasteiger partial charge in [0.25, 0.3) is 5.91 Å². The van der Waals surface area contributed by atoms with Gasteiger partial charge in [-0.3, -0.25) is 4.79 Å². The second-order valence-corrected chi connectivity index (χ2v) is 10.5. The third-order valence-electron chi connectivity index (χ3n) is 8.42. The van der Waals surface area contributed by atoms with Gasteiger partial charge in [0.2, 0.25) is 0 Å². The highest BCUT2D eigenvalue weighted by Crippen LogP contribution is 2.53. The molecule has 0 spiro atoms. The Bertz CT molecular complexity index is 900. The minimum atomic E-state index is 0.0823. The van der Waals surface area contributed by atoms with Gasteiger partial charge in [-0.15, -0.1) is 0 Å². The van der Waals surface area contributed by atoms with Crippen LogP contribution >= 0.6 is 0 Å². The lowest BCUT2D eigenvalue weighted by molar-refractivity contribution is -0.0119. The van der Waals surface area contributed by atoms with Crippen molar-refractivity contribution in [3.05, 3.63) is 42.1 Å². The van der Waals surface area contributed by atoms with Crippen LogP contribution in [-0.2, 0) is 0 Å². The number of hydrogen-bond acceptors (Lipinski definition) is 3. The van der Waals surface area contributed by atoms with Crippen molar-refractivity contribution in [3.8, 4) is 5.69 Å². The van der Waals surface area contributed by atoms with Crippen molar-refractivity contribution in [2.75, 3.05) is 18.0 Å². The number of nitrogens with one attached hydrogen (secondary N) is 1. The molecule has 4 saturated carbocycles. The van der Waals surface area contributed by atoms with Gasteiger partial charge in [0.15, 0.2) is 0 Å². The van der Waals surface area contributed by atoms with Crippen LogP contribution in [0.5, 0.6) is 0 Å². The van der Waals surface area contributed by atoms with E-state index in [9.17, 15) is 4.79 Å². The van der Waals surface area contributed by atoms with Gasteiger partial charge in [-0.1, -0.05) is 31.0 Å². The fraction of sp³-hybridized carbons (Fsp3) is 0.615. The van der Waals surface area contributed by atoms with Gasteiger partial charge in [-0.05, 0) is 80.8 Å². The van der Waals surface area contributed by atoms with Crippen LogP contribution in [0.2, 0.25) is 0 Å². The van der Waals surface area contributed by atoms with Crippen LogP contribution < -0.4 is 10.2 Å². The summed E-state index contributed by atoms with van der Waals surface area (Å²) in [4.78, 5) is 16.0. The molecule has 1 saturated heterocycles. The standard InChI is InChI=1S/C26H34N4O/c31-25(28-24-20-13-18-12-19(15-20)16-21(24)14-18)23-17-27-30(22-8-4-3-5-9-22)26(23)29-10-6-1-2-7-11-29/h3-5,8-9,17-21,24H,1-2,6-7,10-16H2,(H,28,31). The molecule has 5 nitrogen and oxygen atoms in total. The SMILES string of the molecule is O=C(NC1C2CC3CC(C2)CC1C3)c1cnn(-c2ccccc2)c1N1CCCCCC1. The van der Waals surface area contributed by atoms with Gasteiger partial charge >= 0.3 is 0 Å². The predicted octanol–water partition coefficient (Wildman–Crippen LogP) is 4.81. The van der Waals surface area contributed by atoms with E-state index in [1.165, 1.54) is 57.8 Å². The number of amides is 1. The maximum absolute atomic E-state index is 13.6. The summed E-state index contributed by atoms with van der Waals surface area (Å²) in [5.74, 6) is 4.28. The number of carbonyl (C=O) groups excluding carboxylic acids is 1. The van der Waals surface area contributed by atoms with Crippen molar-refractivity contribution in [1.82, 2.24) is 15.1 Å². The fourth-order valence-electron chi connectivity index (χ4n) is 7.24. The molecule has 31 heavy (non-hydrogen) atoms. The molecule has 2 heterocycles. The van der Waals surface area contributed by atoms with Gasteiger partial charge in [0, 0.05) is 19.1 Å². The summed E-state index contributed by atoms with van der Waals surface area (Å²) in [5.41, 5.74) is 1.77. The van der Waals surface area contributed by atoms with Crippen LogP contribution in [0.15, 0.2) is 36.5 Å². The van der Waals surface area contributed by atoms with Crippen molar-refractivity contribution in [2.45, 2.75) is 63.8 Å². The van der Waals surface area contributed by atoms with E-state index in [4.69, 9.17) is 5.10 Å². The second kappa shape index (κ2) is 7.99. The van der Waals surface area contributed by atoms with Gasteiger partial charge in [0.1, 0.15) is 11.4 Å². The van der Waals surface area contributed by atoms with Crippen LogP contribution in [0, 0.1) is 23.7 Å². The van der Waals surface area contributed by atoms with Crippen molar-refractivity contribution in [2.24, 2.45) is 23.7 Å². The Kier molecular flexibility index (Phi) is 5.00. The minimum absolute atomic E-state index is 0.0823. The zero-order valence-corrected chi connectivity index (χ0v) is 18.4. The molecule has 1 amide bonds. The number of aromatic nitrogens is 2. The van der Waals surface area contributed by atoms with E-state index in [2.05, 4.69) is 22.3 Å². The summed E-state index contributed by atoms with van der Waals surface area (Å²) in [6, 6.07) is 10.6. The Labute approximate surface area is 185 Å². The van der Waals surface area contributed by atoms with Gasteiger partial charge in [-0.2, -0.15) is 5.10 Å². The van der Waals surface area contributed by atoms with Crippen LogP contribution in [0.3, 0.4) is 0 Å². The molecule has 4 aliphatic carbocycles. The highest BCUT2D eigenvalue weighted by Gasteiger charge is 2.48. The van der Waals surface area contributed by atoms with Crippen molar-refractivity contribution < 1.29 is 4.79 Å². The first-order valence-corrected chi connectivity index (χ1v) is 12.5. The smallest absolute Gasteiger partial charge is 0.256 e. The van der Waals surface area contributed by atoms with Gasteiger partial charge < -0.3 is 10.2 Å². The summed E-state index contributed by atoms with van der Waals surface area (Å²) < 4.78 is 1.98. The Balaban J connectivity index is 1.31. The number of anilines is 1. The number of rotatable bonds is 4. The van der Waals surface area contributed by atoms with Crippen LogP contribution in [0.25, 0.3) is 5.69 Å². The molecule has 2 aromatic rings. The highest BCUT2D eigenvalue weighted by atomic mass is 16.1. The average Bonchev–Trinajstić information content (AvgIpc) is 3.05. The molecule has 1 N–H and O–H groups in total. The van der Waals surface area contributed by atoms with E-state index in [1.807, 2.05) is 22.9 Å². The van der Waals surface area contributed by atoms with Crippen molar-refractivity contribution in [3.63, 3.8) is 0 Å². The first-order valence-electron chi connectivity index (χ1n) is 12.5. The molecule has 5 aliphatic rings. The minimum Gasteiger partial charge on any atom is -0.356 e. The molecule has 164 valence electrons. The first kappa shape index (κ1) is 19.4. The van der Waals surface area contributed by atoms with Gasteiger partial charge in [-0.25, -0.2) is 4.68 Å². The molecule has 0 atom stereocenters. The number of nitrogens with zero attached hydrogens (tertiary/aromatic N) is 3. The lowest BCUT2D eigenvalue weighted by Gasteiger charge is -2.54. The molecule has 5 fully saturated rings. The summed E-state index contributed by atoms with van der Waals surface area (Å²) >= 11 is 0. The Morgan fingerprint density at radius 1 is 0.871 bits per heavy atom. The number of hydrogen-bond donors (Lipinski definition) is 1. The quantitative estimate of drug-likeness (QED) is 0.775. The van der Waals surface area contributed by atoms with E-state index in [-0.39, 0.29) is 5.91 Å². The van der Waals surface area contributed by atoms with Crippen LogP contribution in [0.4, 0.5) is 5.82 Å². The Morgan fingerprint density at radius 3 is 2.16 bits per heavy atom. The normalized spacial score (nSPS) is 32.1. The molecular formula is C26H34N4O. The lowest BCUT2D eigenvalue weighted by Crippen LogP contribution is -2.55. The third kappa shape index (κ3) is 3.56. The largest absolute Gasteiger partial charge is 0.356 e. The molecular weight excluding hydrogens is 384 g/mol. The molecule has 1 aromatic carbocycles. The Morgan fingerprint density at radius 2 is 1.52 bits per heavy atom. The van der Waals surface area contributed by atoms with Crippen molar-refractivity contribution >= 4 is 11.7 Å². The first-order chi connectivity index (χ1) is 15.3.